The standard InChI is InChI=1S/C12H21N5O.HI/c1-9-4-7-17(8-5-9)12(13)14-6-3-11-15-10(2)16-18-11;/h9H,3-8H2,1-2H3,(H2,13,14);1H. The van der Waals surface area contributed by atoms with Crippen LogP contribution in [0.2, 0.25) is 0 Å². The predicted molar refractivity (Wildman–Crippen MR) is 84.6 cm³/mol. The Morgan fingerprint density at radius 1 is 1.47 bits per heavy atom. The molecule has 0 aliphatic carbocycles. The first-order chi connectivity index (χ1) is 8.65. The Kier molecular flexibility index (Phi) is 6.53. The number of aliphatic imine (C=N–C) groups is 1. The van der Waals surface area contributed by atoms with Crippen LogP contribution >= 0.6 is 24.0 Å². The number of piperidine rings is 1. The lowest BCUT2D eigenvalue weighted by Gasteiger charge is -2.30. The monoisotopic (exact) mass is 379 g/mol. The molecule has 0 spiro atoms. The minimum atomic E-state index is 0. The van der Waals surface area contributed by atoms with Crippen molar-refractivity contribution in [1.82, 2.24) is 15.0 Å². The van der Waals surface area contributed by atoms with E-state index >= 15 is 0 Å². The third-order valence-corrected chi connectivity index (χ3v) is 3.28. The van der Waals surface area contributed by atoms with E-state index in [1.54, 1.807) is 6.92 Å². The van der Waals surface area contributed by atoms with Crippen molar-refractivity contribution in [3.05, 3.63) is 11.7 Å². The van der Waals surface area contributed by atoms with Gasteiger partial charge in [0.05, 0.1) is 6.54 Å². The second kappa shape index (κ2) is 7.66. The molecule has 6 nitrogen and oxygen atoms in total. The molecule has 0 atom stereocenters. The van der Waals surface area contributed by atoms with Gasteiger partial charge in [0, 0.05) is 19.5 Å². The van der Waals surface area contributed by atoms with Gasteiger partial charge in [-0.05, 0) is 25.7 Å². The number of aryl methyl sites for hydroxylation is 1. The van der Waals surface area contributed by atoms with Crippen LogP contribution in [0, 0.1) is 12.8 Å². The number of hydrogen-bond donors (Lipinski definition) is 1. The zero-order valence-electron chi connectivity index (χ0n) is 11.5. The van der Waals surface area contributed by atoms with Gasteiger partial charge in [0.2, 0.25) is 5.89 Å². The van der Waals surface area contributed by atoms with Crippen LogP contribution in [-0.2, 0) is 6.42 Å². The van der Waals surface area contributed by atoms with Crippen LogP contribution in [0.25, 0.3) is 0 Å². The number of nitrogens with zero attached hydrogens (tertiary/aromatic N) is 4. The molecule has 1 aliphatic rings. The van der Waals surface area contributed by atoms with E-state index in [1.165, 1.54) is 12.8 Å². The number of halogens is 1. The molecule has 2 rings (SSSR count). The fourth-order valence-corrected chi connectivity index (χ4v) is 2.05. The highest BCUT2D eigenvalue weighted by atomic mass is 127. The van der Waals surface area contributed by atoms with Gasteiger partial charge < -0.3 is 15.2 Å². The lowest BCUT2D eigenvalue weighted by Crippen LogP contribution is -2.42. The summed E-state index contributed by atoms with van der Waals surface area (Å²) < 4.78 is 5.02. The van der Waals surface area contributed by atoms with E-state index in [4.69, 9.17) is 10.3 Å². The quantitative estimate of drug-likeness (QED) is 0.490. The van der Waals surface area contributed by atoms with Crippen LogP contribution < -0.4 is 5.73 Å². The lowest BCUT2D eigenvalue weighted by atomic mass is 10.00. The molecule has 1 aromatic rings. The molecule has 19 heavy (non-hydrogen) atoms. The third-order valence-electron chi connectivity index (χ3n) is 3.28. The fraction of sp³-hybridized carbons (Fsp3) is 0.750. The van der Waals surface area contributed by atoms with Gasteiger partial charge in [0.25, 0.3) is 0 Å². The van der Waals surface area contributed by atoms with Crippen LogP contribution in [0.1, 0.15) is 31.5 Å². The summed E-state index contributed by atoms with van der Waals surface area (Å²) in [6.07, 6.45) is 3.03. The van der Waals surface area contributed by atoms with E-state index in [9.17, 15) is 0 Å². The normalized spacial score (nSPS) is 17.4. The van der Waals surface area contributed by atoms with Crippen molar-refractivity contribution >= 4 is 29.9 Å². The summed E-state index contributed by atoms with van der Waals surface area (Å²) >= 11 is 0. The van der Waals surface area contributed by atoms with E-state index in [0.29, 0.717) is 30.6 Å². The molecule has 1 saturated heterocycles. The highest BCUT2D eigenvalue weighted by Gasteiger charge is 2.16. The topological polar surface area (TPSA) is 80.5 Å². The average Bonchev–Trinajstić information content (AvgIpc) is 2.76. The zero-order valence-corrected chi connectivity index (χ0v) is 13.8. The third kappa shape index (κ3) is 4.96. The van der Waals surface area contributed by atoms with Gasteiger partial charge in [-0.15, -0.1) is 24.0 Å². The Bertz CT molecular complexity index is 412. The van der Waals surface area contributed by atoms with Crippen molar-refractivity contribution in [2.45, 2.75) is 33.1 Å². The first kappa shape index (κ1) is 16.2. The summed E-state index contributed by atoms with van der Waals surface area (Å²) in [6, 6.07) is 0. The molecule has 0 bridgehead atoms. The van der Waals surface area contributed by atoms with Crippen molar-refractivity contribution in [3.63, 3.8) is 0 Å². The molecule has 0 aromatic carbocycles. The van der Waals surface area contributed by atoms with E-state index < -0.39 is 0 Å². The van der Waals surface area contributed by atoms with Gasteiger partial charge in [0.1, 0.15) is 0 Å². The summed E-state index contributed by atoms with van der Waals surface area (Å²) in [5, 5.41) is 3.74. The maximum Gasteiger partial charge on any atom is 0.228 e. The van der Waals surface area contributed by atoms with Crippen LogP contribution in [0.15, 0.2) is 9.52 Å². The van der Waals surface area contributed by atoms with Crippen LogP contribution in [0.3, 0.4) is 0 Å². The molecule has 1 fully saturated rings. The average molecular weight is 379 g/mol. The Hall–Kier alpha value is -0.860. The van der Waals surface area contributed by atoms with Crippen molar-refractivity contribution in [2.75, 3.05) is 19.6 Å². The lowest BCUT2D eigenvalue weighted by molar-refractivity contribution is 0.277. The largest absolute Gasteiger partial charge is 0.370 e. The Morgan fingerprint density at radius 2 is 2.16 bits per heavy atom. The number of guanidine groups is 1. The van der Waals surface area contributed by atoms with Gasteiger partial charge >= 0.3 is 0 Å². The van der Waals surface area contributed by atoms with Crippen molar-refractivity contribution in [2.24, 2.45) is 16.6 Å². The first-order valence-corrected chi connectivity index (χ1v) is 6.49. The smallest absolute Gasteiger partial charge is 0.228 e. The van der Waals surface area contributed by atoms with Gasteiger partial charge in [-0.1, -0.05) is 12.1 Å². The Morgan fingerprint density at radius 3 is 2.74 bits per heavy atom. The van der Waals surface area contributed by atoms with Gasteiger partial charge in [-0.2, -0.15) is 4.98 Å². The van der Waals surface area contributed by atoms with Gasteiger partial charge in [0.15, 0.2) is 11.8 Å². The number of nitrogens with two attached hydrogens (primary N) is 1. The Balaban J connectivity index is 0.00000180. The van der Waals surface area contributed by atoms with Crippen LogP contribution in [0.4, 0.5) is 0 Å². The summed E-state index contributed by atoms with van der Waals surface area (Å²) in [5.74, 6) is 2.72. The second-order valence-electron chi connectivity index (χ2n) is 4.89. The van der Waals surface area contributed by atoms with Crippen molar-refractivity contribution < 1.29 is 4.52 Å². The molecular weight excluding hydrogens is 357 g/mol. The molecule has 0 radical (unpaired) electrons. The highest BCUT2D eigenvalue weighted by Crippen LogP contribution is 2.15. The molecule has 0 amide bonds. The molecule has 1 aliphatic heterocycles. The van der Waals surface area contributed by atoms with Crippen LogP contribution in [-0.4, -0.2) is 40.6 Å². The number of likely N-dealkylation sites (tertiary alicyclic amines) is 1. The van der Waals surface area contributed by atoms with Gasteiger partial charge in [-0.3, -0.25) is 4.99 Å². The second-order valence-corrected chi connectivity index (χ2v) is 4.89. The highest BCUT2D eigenvalue weighted by molar-refractivity contribution is 14.0. The van der Waals surface area contributed by atoms with E-state index in [1.807, 2.05) is 0 Å². The SMILES string of the molecule is Cc1noc(CCN=C(N)N2CCC(C)CC2)n1.I. The van der Waals surface area contributed by atoms with Gasteiger partial charge in [-0.25, -0.2) is 0 Å². The zero-order chi connectivity index (χ0) is 13.0. The minimum absolute atomic E-state index is 0. The van der Waals surface area contributed by atoms with E-state index in [2.05, 4.69) is 27.0 Å². The minimum Gasteiger partial charge on any atom is -0.370 e. The number of aromatic nitrogens is 2. The van der Waals surface area contributed by atoms with Crippen molar-refractivity contribution in [3.8, 4) is 0 Å². The molecule has 7 heteroatoms. The molecular formula is C12H22IN5O. The van der Waals surface area contributed by atoms with Crippen molar-refractivity contribution in [1.29, 1.82) is 0 Å². The summed E-state index contributed by atoms with van der Waals surface area (Å²) in [4.78, 5) is 10.7. The summed E-state index contributed by atoms with van der Waals surface area (Å²) in [7, 11) is 0. The summed E-state index contributed by atoms with van der Waals surface area (Å²) in [6.45, 7) is 6.70. The molecule has 108 valence electrons. The molecule has 2 heterocycles. The number of rotatable bonds is 3. The maximum absolute atomic E-state index is 5.97. The Labute approximate surface area is 130 Å². The van der Waals surface area contributed by atoms with Crippen LogP contribution in [0.5, 0.6) is 0 Å². The molecule has 2 N–H and O–H groups in total. The van der Waals surface area contributed by atoms with E-state index in [-0.39, 0.29) is 24.0 Å². The summed E-state index contributed by atoms with van der Waals surface area (Å²) in [5.41, 5.74) is 5.97. The number of hydrogen-bond acceptors (Lipinski definition) is 4. The molecule has 0 saturated carbocycles. The molecule has 0 unspecified atom stereocenters. The van der Waals surface area contributed by atoms with E-state index in [0.717, 1.165) is 19.0 Å². The molecule has 1 aromatic heterocycles. The maximum atomic E-state index is 5.97. The first-order valence-electron chi connectivity index (χ1n) is 6.49. The fourth-order valence-electron chi connectivity index (χ4n) is 2.05. The predicted octanol–water partition coefficient (Wildman–Crippen LogP) is 1.59.